The lowest BCUT2D eigenvalue weighted by atomic mass is 10.2. The summed E-state index contributed by atoms with van der Waals surface area (Å²) in [6, 6.07) is 0.258. The molecule has 2 nitrogen and oxygen atoms in total. The van der Waals surface area contributed by atoms with Gasteiger partial charge >= 0.3 is 0 Å². The highest BCUT2D eigenvalue weighted by molar-refractivity contribution is 6.20. The van der Waals surface area contributed by atoms with Gasteiger partial charge in [-0.15, -0.1) is 0 Å². The van der Waals surface area contributed by atoms with Gasteiger partial charge in [0.15, 0.2) is 0 Å². The molecule has 1 fully saturated rings. The summed E-state index contributed by atoms with van der Waals surface area (Å²) < 4.78 is 5.55. The van der Waals surface area contributed by atoms with Crippen LogP contribution in [0.25, 0.3) is 0 Å². The molecular formula is C9H16ClNO. The Morgan fingerprint density at radius 2 is 2.42 bits per heavy atom. The van der Waals surface area contributed by atoms with Crippen molar-refractivity contribution in [2.24, 2.45) is 0 Å². The van der Waals surface area contributed by atoms with Gasteiger partial charge in [0.1, 0.15) is 5.56 Å². The molecule has 1 heterocycles. The van der Waals surface area contributed by atoms with Gasteiger partial charge in [-0.2, -0.15) is 0 Å². The van der Waals surface area contributed by atoms with Crippen LogP contribution >= 0.6 is 11.6 Å². The molecule has 3 heteroatoms. The van der Waals surface area contributed by atoms with E-state index in [1.54, 1.807) is 0 Å². The van der Waals surface area contributed by atoms with Crippen molar-refractivity contribution in [3.8, 4) is 0 Å². The molecule has 0 radical (unpaired) electrons. The van der Waals surface area contributed by atoms with Gasteiger partial charge in [0, 0.05) is 12.6 Å². The molecule has 1 saturated heterocycles. The maximum Gasteiger partial charge on any atom is 0.146 e. The van der Waals surface area contributed by atoms with E-state index in [0.717, 1.165) is 13.0 Å². The second-order valence-corrected chi connectivity index (χ2v) is 3.54. The average Bonchev–Trinajstić information content (AvgIpc) is 2.07. The Balaban J connectivity index is 2.30. The van der Waals surface area contributed by atoms with Crippen LogP contribution in [0.3, 0.4) is 0 Å². The highest BCUT2D eigenvalue weighted by Crippen LogP contribution is 2.15. The van der Waals surface area contributed by atoms with E-state index in [2.05, 4.69) is 11.4 Å². The molecule has 0 aromatic carbocycles. The molecular weight excluding hydrogens is 174 g/mol. The van der Waals surface area contributed by atoms with Crippen LogP contribution in [0.2, 0.25) is 0 Å². The summed E-state index contributed by atoms with van der Waals surface area (Å²) in [5.41, 5.74) is -0.186. The first kappa shape index (κ1) is 10.0. The second-order valence-electron chi connectivity index (χ2n) is 3.11. The zero-order valence-electron chi connectivity index (χ0n) is 7.59. The maximum absolute atomic E-state index is 5.93. The van der Waals surface area contributed by atoms with Gasteiger partial charge in [-0.1, -0.05) is 23.8 Å². The molecule has 1 aliphatic rings. The van der Waals surface area contributed by atoms with Crippen LogP contribution in [0, 0.1) is 0 Å². The lowest BCUT2D eigenvalue weighted by Gasteiger charge is -2.31. The molecule has 1 N–H and O–H groups in total. The molecule has 1 aliphatic heterocycles. The number of allylic oxidation sites excluding steroid dienone is 1. The van der Waals surface area contributed by atoms with E-state index in [-0.39, 0.29) is 17.7 Å². The van der Waals surface area contributed by atoms with Gasteiger partial charge in [0.25, 0.3) is 0 Å². The Morgan fingerprint density at radius 1 is 1.67 bits per heavy atom. The standard InChI is InChI=1S/C9H16ClNO/c1-3-4-5-8-6-11-7(2)9(10)12-8/h3-4,7-9,11H,5-6H2,1-2H3/t7-,8?,9?/m0/s1. The van der Waals surface area contributed by atoms with Gasteiger partial charge in [0.2, 0.25) is 0 Å². The van der Waals surface area contributed by atoms with Crippen molar-refractivity contribution in [3.05, 3.63) is 12.2 Å². The fraction of sp³-hybridized carbons (Fsp3) is 0.778. The Hall–Kier alpha value is -0.0500. The average molecular weight is 190 g/mol. The fourth-order valence-electron chi connectivity index (χ4n) is 1.19. The van der Waals surface area contributed by atoms with Crippen molar-refractivity contribution in [2.45, 2.75) is 38.0 Å². The summed E-state index contributed by atoms with van der Waals surface area (Å²) in [4.78, 5) is 0. The van der Waals surface area contributed by atoms with Gasteiger partial charge < -0.3 is 10.1 Å². The minimum absolute atomic E-state index is 0.186. The minimum Gasteiger partial charge on any atom is -0.356 e. The monoisotopic (exact) mass is 189 g/mol. The first-order valence-corrected chi connectivity index (χ1v) is 4.81. The molecule has 70 valence electrons. The van der Waals surface area contributed by atoms with Crippen LogP contribution in [-0.4, -0.2) is 24.3 Å². The molecule has 0 saturated carbocycles. The smallest absolute Gasteiger partial charge is 0.146 e. The van der Waals surface area contributed by atoms with Crippen molar-refractivity contribution in [1.82, 2.24) is 5.32 Å². The summed E-state index contributed by atoms with van der Waals surface area (Å²) in [6.45, 7) is 4.94. The quantitative estimate of drug-likeness (QED) is 0.529. The molecule has 3 atom stereocenters. The molecule has 1 rings (SSSR count). The Kier molecular flexibility index (Phi) is 4.06. The normalized spacial score (nSPS) is 37.4. The fourth-order valence-corrected chi connectivity index (χ4v) is 1.42. The van der Waals surface area contributed by atoms with E-state index in [9.17, 15) is 0 Å². The summed E-state index contributed by atoms with van der Waals surface area (Å²) in [7, 11) is 0. The van der Waals surface area contributed by atoms with Gasteiger partial charge in [0.05, 0.1) is 6.10 Å². The van der Waals surface area contributed by atoms with Gasteiger partial charge in [-0.25, -0.2) is 0 Å². The molecule has 2 unspecified atom stereocenters. The van der Waals surface area contributed by atoms with Crippen LogP contribution in [0.1, 0.15) is 20.3 Å². The van der Waals surface area contributed by atoms with Crippen LogP contribution in [0.4, 0.5) is 0 Å². The zero-order chi connectivity index (χ0) is 8.97. The Labute approximate surface area is 78.9 Å². The topological polar surface area (TPSA) is 21.3 Å². The number of nitrogens with one attached hydrogen (secondary N) is 1. The van der Waals surface area contributed by atoms with E-state index in [0.29, 0.717) is 0 Å². The number of morpholine rings is 1. The maximum atomic E-state index is 5.93. The van der Waals surface area contributed by atoms with Crippen LogP contribution < -0.4 is 5.32 Å². The van der Waals surface area contributed by atoms with Crippen molar-refractivity contribution < 1.29 is 4.74 Å². The summed E-state index contributed by atoms with van der Waals surface area (Å²) >= 11 is 5.93. The van der Waals surface area contributed by atoms with Crippen LogP contribution in [0.5, 0.6) is 0 Å². The Bertz CT molecular complexity index is 161. The van der Waals surface area contributed by atoms with E-state index >= 15 is 0 Å². The highest BCUT2D eigenvalue weighted by atomic mass is 35.5. The molecule has 0 aliphatic carbocycles. The third-order valence-corrected chi connectivity index (χ3v) is 2.50. The molecule has 0 spiro atoms. The predicted molar refractivity (Wildman–Crippen MR) is 51.4 cm³/mol. The van der Waals surface area contributed by atoms with Gasteiger partial charge in [-0.05, 0) is 20.3 Å². The van der Waals surface area contributed by atoms with Crippen LogP contribution in [-0.2, 0) is 4.74 Å². The van der Waals surface area contributed by atoms with Crippen molar-refractivity contribution in [3.63, 3.8) is 0 Å². The lowest BCUT2D eigenvalue weighted by molar-refractivity contribution is -0.0143. The van der Waals surface area contributed by atoms with E-state index in [1.807, 2.05) is 19.9 Å². The minimum atomic E-state index is -0.186. The molecule has 0 aromatic heterocycles. The lowest BCUT2D eigenvalue weighted by Crippen LogP contribution is -2.48. The first-order valence-electron chi connectivity index (χ1n) is 4.38. The first-order chi connectivity index (χ1) is 5.74. The Morgan fingerprint density at radius 3 is 3.00 bits per heavy atom. The van der Waals surface area contributed by atoms with Crippen molar-refractivity contribution in [2.75, 3.05) is 6.54 Å². The van der Waals surface area contributed by atoms with E-state index in [4.69, 9.17) is 16.3 Å². The van der Waals surface area contributed by atoms with Crippen molar-refractivity contribution in [1.29, 1.82) is 0 Å². The third-order valence-electron chi connectivity index (χ3n) is 2.02. The second kappa shape index (κ2) is 4.85. The predicted octanol–water partition coefficient (Wildman–Crippen LogP) is 1.89. The highest BCUT2D eigenvalue weighted by Gasteiger charge is 2.24. The van der Waals surface area contributed by atoms with E-state index in [1.165, 1.54) is 0 Å². The molecule has 0 amide bonds. The molecule has 0 aromatic rings. The summed E-state index contributed by atoms with van der Waals surface area (Å²) in [6.07, 6.45) is 5.32. The SMILES string of the molecule is CC=CCC1CN[C@@H](C)C(Cl)O1. The molecule has 0 bridgehead atoms. The summed E-state index contributed by atoms with van der Waals surface area (Å²) in [5, 5.41) is 3.30. The largest absolute Gasteiger partial charge is 0.356 e. The number of alkyl halides is 1. The number of hydrogen-bond donors (Lipinski definition) is 1. The zero-order valence-corrected chi connectivity index (χ0v) is 8.34. The van der Waals surface area contributed by atoms with Crippen molar-refractivity contribution >= 4 is 11.6 Å². The number of hydrogen-bond acceptors (Lipinski definition) is 2. The number of halogens is 1. The van der Waals surface area contributed by atoms with E-state index < -0.39 is 0 Å². The number of ether oxygens (including phenoxy) is 1. The summed E-state index contributed by atoms with van der Waals surface area (Å²) in [5.74, 6) is 0. The number of rotatable bonds is 2. The third kappa shape index (κ3) is 2.77. The van der Waals surface area contributed by atoms with Crippen LogP contribution in [0.15, 0.2) is 12.2 Å². The van der Waals surface area contributed by atoms with Gasteiger partial charge in [-0.3, -0.25) is 0 Å². The molecule has 12 heavy (non-hydrogen) atoms.